The molecule has 0 aliphatic carbocycles. The Kier molecular flexibility index (Phi) is 4.03. The smallest absolute Gasteiger partial charge is 0.119 e. The lowest BCUT2D eigenvalue weighted by Gasteiger charge is -2.08. The molecule has 0 aromatic heterocycles. The van der Waals surface area contributed by atoms with Gasteiger partial charge in [-0.3, -0.25) is 0 Å². The minimum Gasteiger partial charge on any atom is -0.492 e. The Bertz CT molecular complexity index is 453. The summed E-state index contributed by atoms with van der Waals surface area (Å²) in [4.78, 5) is 0. The van der Waals surface area contributed by atoms with E-state index >= 15 is 0 Å². The van der Waals surface area contributed by atoms with Crippen LogP contribution in [0.5, 0.6) is 5.75 Å². The monoisotopic (exact) mass is 227 g/mol. The fourth-order valence-corrected chi connectivity index (χ4v) is 1.64. The number of para-hydroxylation sites is 1. The summed E-state index contributed by atoms with van der Waals surface area (Å²) < 4.78 is 5.60. The molecule has 17 heavy (non-hydrogen) atoms. The molecule has 0 fully saturated rings. The largest absolute Gasteiger partial charge is 0.492 e. The van der Waals surface area contributed by atoms with Gasteiger partial charge in [-0.05, 0) is 36.8 Å². The van der Waals surface area contributed by atoms with Crippen molar-refractivity contribution < 1.29 is 4.74 Å². The molecule has 1 N–H and O–H groups in total. The van der Waals surface area contributed by atoms with Crippen molar-refractivity contribution in [2.45, 2.75) is 6.92 Å². The maximum atomic E-state index is 5.60. The standard InChI is InChI=1S/C15H17NO/c1-13-6-5-7-14(12-13)16-10-11-17-15-8-3-2-4-9-15/h2-9,12,16H,10-11H2,1H3. The Morgan fingerprint density at radius 2 is 1.82 bits per heavy atom. The molecule has 2 rings (SSSR count). The Morgan fingerprint density at radius 3 is 2.59 bits per heavy atom. The third kappa shape index (κ3) is 3.83. The average molecular weight is 227 g/mol. The molecule has 0 saturated heterocycles. The van der Waals surface area contributed by atoms with Crippen LogP contribution in [-0.2, 0) is 0 Å². The first-order chi connectivity index (χ1) is 8.34. The first-order valence-electron chi connectivity index (χ1n) is 5.83. The summed E-state index contributed by atoms with van der Waals surface area (Å²) in [6.07, 6.45) is 0. The van der Waals surface area contributed by atoms with Gasteiger partial charge in [0.25, 0.3) is 0 Å². The zero-order chi connectivity index (χ0) is 11.9. The lowest BCUT2D eigenvalue weighted by Crippen LogP contribution is -2.11. The van der Waals surface area contributed by atoms with E-state index in [1.54, 1.807) is 0 Å². The van der Waals surface area contributed by atoms with Crippen LogP contribution in [-0.4, -0.2) is 13.2 Å². The van der Waals surface area contributed by atoms with Crippen molar-refractivity contribution in [3.05, 3.63) is 60.2 Å². The highest BCUT2D eigenvalue weighted by Gasteiger charge is 1.93. The summed E-state index contributed by atoms with van der Waals surface area (Å²) in [5, 5.41) is 3.33. The Balaban J connectivity index is 1.73. The molecule has 0 saturated carbocycles. The van der Waals surface area contributed by atoms with Gasteiger partial charge in [0.15, 0.2) is 0 Å². The molecule has 0 bridgehead atoms. The predicted octanol–water partition coefficient (Wildman–Crippen LogP) is 3.49. The van der Waals surface area contributed by atoms with Gasteiger partial charge in [0.05, 0.1) is 0 Å². The molecule has 0 aliphatic heterocycles. The summed E-state index contributed by atoms with van der Waals surface area (Å²) in [7, 11) is 0. The molecule has 0 heterocycles. The SMILES string of the molecule is Cc1cccc(NCCOc2ccccc2)c1. The lowest BCUT2D eigenvalue weighted by atomic mass is 10.2. The van der Waals surface area contributed by atoms with Gasteiger partial charge in [-0.25, -0.2) is 0 Å². The topological polar surface area (TPSA) is 21.3 Å². The third-order valence-electron chi connectivity index (χ3n) is 2.46. The Morgan fingerprint density at radius 1 is 1.00 bits per heavy atom. The second-order valence-electron chi connectivity index (χ2n) is 3.96. The summed E-state index contributed by atoms with van der Waals surface area (Å²) in [6.45, 7) is 3.56. The Labute approximate surface area is 102 Å². The maximum Gasteiger partial charge on any atom is 0.119 e. The van der Waals surface area contributed by atoms with E-state index in [9.17, 15) is 0 Å². The quantitative estimate of drug-likeness (QED) is 0.789. The van der Waals surface area contributed by atoms with Gasteiger partial charge in [-0.1, -0.05) is 30.3 Å². The van der Waals surface area contributed by atoms with Gasteiger partial charge in [0.1, 0.15) is 12.4 Å². The zero-order valence-electron chi connectivity index (χ0n) is 10.0. The average Bonchev–Trinajstić information content (AvgIpc) is 2.36. The highest BCUT2D eigenvalue weighted by atomic mass is 16.5. The van der Waals surface area contributed by atoms with Gasteiger partial charge in [-0.2, -0.15) is 0 Å². The molecule has 88 valence electrons. The van der Waals surface area contributed by atoms with Crippen molar-refractivity contribution in [1.82, 2.24) is 0 Å². The first-order valence-corrected chi connectivity index (χ1v) is 5.83. The second-order valence-corrected chi connectivity index (χ2v) is 3.96. The lowest BCUT2D eigenvalue weighted by molar-refractivity contribution is 0.333. The highest BCUT2D eigenvalue weighted by Crippen LogP contribution is 2.10. The molecular formula is C15H17NO. The normalized spacial score (nSPS) is 9.94. The number of rotatable bonds is 5. The number of benzene rings is 2. The highest BCUT2D eigenvalue weighted by molar-refractivity contribution is 5.45. The number of nitrogens with one attached hydrogen (secondary N) is 1. The van der Waals surface area contributed by atoms with Crippen molar-refractivity contribution in [2.75, 3.05) is 18.5 Å². The van der Waals surface area contributed by atoms with E-state index in [0.717, 1.165) is 18.0 Å². The molecule has 2 heteroatoms. The second kappa shape index (κ2) is 5.94. The maximum absolute atomic E-state index is 5.60. The molecular weight excluding hydrogens is 210 g/mol. The van der Waals surface area contributed by atoms with Crippen LogP contribution < -0.4 is 10.1 Å². The minimum atomic E-state index is 0.665. The predicted molar refractivity (Wildman–Crippen MR) is 71.6 cm³/mol. The van der Waals surface area contributed by atoms with E-state index in [2.05, 4.69) is 36.5 Å². The van der Waals surface area contributed by atoms with Crippen LogP contribution in [0, 0.1) is 6.92 Å². The van der Waals surface area contributed by atoms with Gasteiger partial charge >= 0.3 is 0 Å². The van der Waals surface area contributed by atoms with E-state index < -0.39 is 0 Å². The molecule has 0 aliphatic rings. The number of anilines is 1. The van der Waals surface area contributed by atoms with Gasteiger partial charge in [0.2, 0.25) is 0 Å². The van der Waals surface area contributed by atoms with E-state index in [1.165, 1.54) is 5.56 Å². The number of ether oxygens (including phenoxy) is 1. The number of hydrogen-bond acceptors (Lipinski definition) is 2. The number of aryl methyl sites for hydroxylation is 1. The van der Waals surface area contributed by atoms with Crippen molar-refractivity contribution in [1.29, 1.82) is 0 Å². The van der Waals surface area contributed by atoms with Crippen LogP contribution >= 0.6 is 0 Å². The van der Waals surface area contributed by atoms with Crippen LogP contribution in [0.4, 0.5) is 5.69 Å². The summed E-state index contributed by atoms with van der Waals surface area (Å²) >= 11 is 0. The molecule has 2 nitrogen and oxygen atoms in total. The first kappa shape index (κ1) is 11.5. The minimum absolute atomic E-state index is 0.665. The van der Waals surface area contributed by atoms with Crippen LogP contribution in [0.2, 0.25) is 0 Å². The molecule has 2 aromatic carbocycles. The van der Waals surface area contributed by atoms with Gasteiger partial charge in [0, 0.05) is 12.2 Å². The van der Waals surface area contributed by atoms with Gasteiger partial charge < -0.3 is 10.1 Å². The summed E-state index contributed by atoms with van der Waals surface area (Å²) in [5.74, 6) is 0.915. The van der Waals surface area contributed by atoms with Crippen molar-refractivity contribution in [2.24, 2.45) is 0 Å². The molecule has 0 atom stereocenters. The van der Waals surface area contributed by atoms with Crippen LogP contribution in [0.1, 0.15) is 5.56 Å². The molecule has 0 amide bonds. The van der Waals surface area contributed by atoms with Crippen LogP contribution in [0.3, 0.4) is 0 Å². The molecule has 0 spiro atoms. The molecule has 0 radical (unpaired) electrons. The van der Waals surface area contributed by atoms with E-state index in [1.807, 2.05) is 30.3 Å². The van der Waals surface area contributed by atoms with Crippen molar-refractivity contribution >= 4 is 5.69 Å². The zero-order valence-corrected chi connectivity index (χ0v) is 10.0. The molecule has 0 unspecified atom stereocenters. The van der Waals surface area contributed by atoms with E-state index in [-0.39, 0.29) is 0 Å². The summed E-state index contributed by atoms with van der Waals surface area (Å²) in [6, 6.07) is 18.2. The van der Waals surface area contributed by atoms with E-state index in [0.29, 0.717) is 6.61 Å². The van der Waals surface area contributed by atoms with Crippen LogP contribution in [0.15, 0.2) is 54.6 Å². The van der Waals surface area contributed by atoms with Crippen molar-refractivity contribution in [3.63, 3.8) is 0 Å². The molecule has 2 aromatic rings. The number of hydrogen-bond donors (Lipinski definition) is 1. The van der Waals surface area contributed by atoms with Gasteiger partial charge in [-0.15, -0.1) is 0 Å². The fraction of sp³-hybridized carbons (Fsp3) is 0.200. The van der Waals surface area contributed by atoms with E-state index in [4.69, 9.17) is 4.74 Å². The third-order valence-corrected chi connectivity index (χ3v) is 2.46. The van der Waals surface area contributed by atoms with Crippen LogP contribution in [0.25, 0.3) is 0 Å². The van der Waals surface area contributed by atoms with Crippen molar-refractivity contribution in [3.8, 4) is 5.75 Å². The Hall–Kier alpha value is -1.96. The summed E-state index contributed by atoms with van der Waals surface area (Å²) in [5.41, 5.74) is 2.40. The fourth-order valence-electron chi connectivity index (χ4n) is 1.64.